The fraction of sp³-hybridized carbons (Fsp3) is 0.500. The van der Waals surface area contributed by atoms with Crippen molar-refractivity contribution in [1.82, 2.24) is 4.90 Å². The first-order valence-corrected chi connectivity index (χ1v) is 6.33. The van der Waals surface area contributed by atoms with Gasteiger partial charge in [-0.05, 0) is 31.0 Å². The van der Waals surface area contributed by atoms with Crippen LogP contribution in [0.25, 0.3) is 0 Å². The van der Waals surface area contributed by atoms with E-state index in [-0.39, 0.29) is 24.4 Å². The Hall–Kier alpha value is -1.46. The van der Waals surface area contributed by atoms with E-state index in [0.29, 0.717) is 13.0 Å². The number of rotatable bonds is 3. The summed E-state index contributed by atoms with van der Waals surface area (Å²) in [4.78, 5) is 14.0. The number of carbonyl (C=O) groups is 1. The van der Waals surface area contributed by atoms with E-state index in [0.717, 1.165) is 5.56 Å². The maximum absolute atomic E-state index is 12.9. The molecule has 1 aliphatic heterocycles. The molecule has 1 amide bonds. The molecule has 19 heavy (non-hydrogen) atoms. The topological polar surface area (TPSA) is 55.6 Å². The number of ether oxygens (including phenoxy) is 1. The number of halogens is 1. The summed E-state index contributed by atoms with van der Waals surface area (Å²) < 4.78 is 18.1. The van der Waals surface area contributed by atoms with Gasteiger partial charge in [0, 0.05) is 13.7 Å². The standard InChI is InChI=1S/C14H19FN2O2/c1-10(11-3-5-12(15)6-4-11)17(2)13(18)14(16)7-8-19-9-14/h3-6,10H,7-9,16H2,1-2H3. The zero-order valence-corrected chi connectivity index (χ0v) is 11.2. The minimum absolute atomic E-state index is 0.137. The van der Waals surface area contributed by atoms with Gasteiger partial charge in [0.05, 0.1) is 12.6 Å². The number of benzene rings is 1. The number of carbonyl (C=O) groups excluding carboxylic acids is 1. The average molecular weight is 266 g/mol. The molecule has 2 rings (SSSR count). The van der Waals surface area contributed by atoms with Crippen LogP contribution in [-0.4, -0.2) is 36.6 Å². The lowest BCUT2D eigenvalue weighted by Crippen LogP contribution is -2.55. The lowest BCUT2D eigenvalue weighted by Gasteiger charge is -2.32. The van der Waals surface area contributed by atoms with E-state index in [1.54, 1.807) is 24.1 Å². The van der Waals surface area contributed by atoms with Gasteiger partial charge in [-0.25, -0.2) is 4.39 Å². The normalized spacial score (nSPS) is 24.2. The first kappa shape index (κ1) is 14.0. The number of amides is 1. The van der Waals surface area contributed by atoms with E-state index in [1.165, 1.54) is 12.1 Å². The Balaban J connectivity index is 2.12. The fourth-order valence-corrected chi connectivity index (χ4v) is 2.24. The lowest BCUT2D eigenvalue weighted by molar-refractivity contribution is -0.137. The molecule has 2 N–H and O–H groups in total. The summed E-state index contributed by atoms with van der Waals surface area (Å²) in [5.74, 6) is -0.425. The van der Waals surface area contributed by atoms with E-state index in [9.17, 15) is 9.18 Å². The van der Waals surface area contributed by atoms with Crippen LogP contribution in [0.4, 0.5) is 4.39 Å². The highest BCUT2D eigenvalue weighted by atomic mass is 19.1. The van der Waals surface area contributed by atoms with Gasteiger partial charge in [0.25, 0.3) is 0 Å². The van der Waals surface area contributed by atoms with Crippen LogP contribution in [0.15, 0.2) is 24.3 Å². The van der Waals surface area contributed by atoms with Crippen molar-refractivity contribution in [2.45, 2.75) is 24.9 Å². The predicted molar refractivity (Wildman–Crippen MR) is 69.9 cm³/mol. The van der Waals surface area contributed by atoms with E-state index in [4.69, 9.17) is 10.5 Å². The van der Waals surface area contributed by atoms with Gasteiger partial charge in [0.2, 0.25) is 5.91 Å². The van der Waals surface area contributed by atoms with E-state index in [2.05, 4.69) is 0 Å². The van der Waals surface area contributed by atoms with Crippen molar-refractivity contribution in [3.05, 3.63) is 35.6 Å². The van der Waals surface area contributed by atoms with Crippen molar-refractivity contribution in [3.63, 3.8) is 0 Å². The summed E-state index contributed by atoms with van der Waals surface area (Å²) in [7, 11) is 1.71. The molecular formula is C14H19FN2O2. The van der Waals surface area contributed by atoms with Gasteiger partial charge in [0.15, 0.2) is 0 Å². The molecule has 0 bridgehead atoms. The van der Waals surface area contributed by atoms with Crippen LogP contribution in [0.5, 0.6) is 0 Å². The maximum Gasteiger partial charge on any atom is 0.245 e. The van der Waals surface area contributed by atoms with Gasteiger partial charge in [0.1, 0.15) is 11.4 Å². The Labute approximate surface area is 112 Å². The molecule has 0 aliphatic carbocycles. The lowest BCUT2D eigenvalue weighted by atomic mass is 9.96. The van der Waals surface area contributed by atoms with E-state index < -0.39 is 5.54 Å². The molecule has 4 nitrogen and oxygen atoms in total. The Morgan fingerprint density at radius 3 is 2.63 bits per heavy atom. The van der Waals surface area contributed by atoms with Crippen LogP contribution in [-0.2, 0) is 9.53 Å². The van der Waals surface area contributed by atoms with Gasteiger partial charge in [-0.1, -0.05) is 12.1 Å². The molecule has 1 saturated heterocycles. The highest BCUT2D eigenvalue weighted by molar-refractivity contribution is 5.86. The Morgan fingerprint density at radius 1 is 1.47 bits per heavy atom. The zero-order valence-electron chi connectivity index (χ0n) is 11.2. The third-order valence-corrected chi connectivity index (χ3v) is 3.73. The van der Waals surface area contributed by atoms with Crippen LogP contribution in [0.1, 0.15) is 24.9 Å². The molecule has 0 saturated carbocycles. The molecule has 1 heterocycles. The SMILES string of the molecule is CC(c1ccc(F)cc1)N(C)C(=O)C1(N)CCOC1. The molecule has 0 radical (unpaired) electrons. The quantitative estimate of drug-likeness (QED) is 0.901. The second-order valence-electron chi connectivity index (χ2n) is 5.10. The molecule has 0 spiro atoms. The number of likely N-dealkylation sites (N-methyl/N-ethyl adjacent to an activating group) is 1. The third kappa shape index (κ3) is 2.77. The van der Waals surface area contributed by atoms with Crippen molar-refractivity contribution in [3.8, 4) is 0 Å². The van der Waals surface area contributed by atoms with E-state index in [1.807, 2.05) is 6.92 Å². The summed E-state index contributed by atoms with van der Waals surface area (Å²) in [5, 5.41) is 0. The van der Waals surface area contributed by atoms with Gasteiger partial charge in [-0.15, -0.1) is 0 Å². The molecule has 104 valence electrons. The Bertz CT molecular complexity index is 455. The summed E-state index contributed by atoms with van der Waals surface area (Å²) in [6.07, 6.45) is 0.534. The number of nitrogens with zero attached hydrogens (tertiary/aromatic N) is 1. The number of nitrogens with two attached hydrogens (primary N) is 1. The third-order valence-electron chi connectivity index (χ3n) is 3.73. The molecule has 1 aromatic rings. The minimum atomic E-state index is -0.928. The fourth-order valence-electron chi connectivity index (χ4n) is 2.24. The predicted octanol–water partition coefficient (Wildman–Crippen LogP) is 1.46. The summed E-state index contributed by atoms with van der Waals surface area (Å²) in [5.41, 5.74) is 6.01. The molecule has 2 unspecified atom stereocenters. The van der Waals surface area contributed by atoms with Crippen molar-refractivity contribution in [2.24, 2.45) is 5.73 Å². The van der Waals surface area contributed by atoms with Crippen LogP contribution in [0.3, 0.4) is 0 Å². The highest BCUT2D eigenvalue weighted by Gasteiger charge is 2.41. The van der Waals surface area contributed by atoms with Crippen molar-refractivity contribution < 1.29 is 13.9 Å². The summed E-state index contributed by atoms with van der Waals surface area (Å²) >= 11 is 0. The van der Waals surface area contributed by atoms with Crippen LogP contribution in [0.2, 0.25) is 0 Å². The number of hydrogen-bond donors (Lipinski definition) is 1. The molecule has 1 fully saturated rings. The Kier molecular flexibility index (Phi) is 3.87. The van der Waals surface area contributed by atoms with Crippen molar-refractivity contribution >= 4 is 5.91 Å². The second-order valence-corrected chi connectivity index (χ2v) is 5.10. The molecule has 5 heteroatoms. The maximum atomic E-state index is 12.9. The first-order chi connectivity index (χ1) is 8.94. The monoisotopic (exact) mass is 266 g/mol. The molecule has 1 aliphatic rings. The number of hydrogen-bond acceptors (Lipinski definition) is 3. The van der Waals surface area contributed by atoms with Gasteiger partial charge in [-0.3, -0.25) is 4.79 Å². The average Bonchev–Trinajstić information content (AvgIpc) is 2.85. The molecule has 0 aromatic heterocycles. The molecule has 2 atom stereocenters. The van der Waals surface area contributed by atoms with Gasteiger partial charge < -0.3 is 15.4 Å². The summed E-state index contributed by atoms with van der Waals surface area (Å²) in [6.45, 7) is 2.66. The minimum Gasteiger partial charge on any atom is -0.379 e. The molecular weight excluding hydrogens is 247 g/mol. The zero-order chi connectivity index (χ0) is 14.0. The second kappa shape index (κ2) is 5.27. The smallest absolute Gasteiger partial charge is 0.245 e. The van der Waals surface area contributed by atoms with Gasteiger partial charge in [-0.2, -0.15) is 0 Å². The van der Waals surface area contributed by atoms with Crippen molar-refractivity contribution in [1.29, 1.82) is 0 Å². The van der Waals surface area contributed by atoms with Crippen molar-refractivity contribution in [2.75, 3.05) is 20.3 Å². The largest absolute Gasteiger partial charge is 0.379 e. The van der Waals surface area contributed by atoms with Crippen LogP contribution >= 0.6 is 0 Å². The van der Waals surface area contributed by atoms with Gasteiger partial charge >= 0.3 is 0 Å². The Morgan fingerprint density at radius 2 is 2.11 bits per heavy atom. The summed E-state index contributed by atoms with van der Waals surface area (Å²) in [6, 6.07) is 5.98. The van der Waals surface area contributed by atoms with E-state index >= 15 is 0 Å². The molecule has 1 aromatic carbocycles. The highest BCUT2D eigenvalue weighted by Crippen LogP contribution is 2.24. The van der Waals surface area contributed by atoms with Crippen LogP contribution < -0.4 is 5.73 Å². The first-order valence-electron chi connectivity index (χ1n) is 6.33. The van der Waals surface area contributed by atoms with Crippen LogP contribution in [0, 0.1) is 5.82 Å².